The Morgan fingerprint density at radius 2 is 1.82 bits per heavy atom. The second-order valence-electron chi connectivity index (χ2n) is 15.7. The van der Waals surface area contributed by atoms with Gasteiger partial charge in [0.2, 0.25) is 0 Å². The number of nitrogens with one attached hydrogen (secondary N) is 1. The first-order valence-electron chi connectivity index (χ1n) is 18.1. The number of nitrogens with zero attached hydrogens (tertiary/aromatic N) is 4. The zero-order valence-corrected chi connectivity index (χ0v) is 28.8. The summed E-state index contributed by atoms with van der Waals surface area (Å²) in [5.74, 6) is -0.862. The predicted molar refractivity (Wildman–Crippen MR) is 186 cm³/mol. The third kappa shape index (κ3) is 5.67. The molecule has 4 saturated heterocycles. The first kappa shape index (κ1) is 31.9. The van der Waals surface area contributed by atoms with E-state index in [-0.39, 0.29) is 45.5 Å². The van der Waals surface area contributed by atoms with Gasteiger partial charge < -0.3 is 29.7 Å². The number of ether oxygens (including phenoxy) is 2. The smallest absolute Gasteiger partial charge is 0.319 e. The van der Waals surface area contributed by atoms with Gasteiger partial charge in [-0.3, -0.25) is 0 Å². The Morgan fingerprint density at radius 3 is 2.49 bits per heavy atom. The zero-order valence-electron chi connectivity index (χ0n) is 28.0. The highest BCUT2D eigenvalue weighted by Gasteiger charge is 2.48. The van der Waals surface area contributed by atoms with Gasteiger partial charge in [-0.1, -0.05) is 24.6 Å². The molecule has 9 rings (SSSR count). The minimum absolute atomic E-state index is 0.0489. The summed E-state index contributed by atoms with van der Waals surface area (Å²) < 4.78 is 44.3. The molecular formula is C38H44ClF2N5O3. The van der Waals surface area contributed by atoms with Gasteiger partial charge in [0.05, 0.1) is 25.6 Å². The first-order valence-corrected chi connectivity index (χ1v) is 18.4. The molecule has 11 heteroatoms. The Morgan fingerprint density at radius 1 is 1.06 bits per heavy atom. The second kappa shape index (κ2) is 12.0. The third-order valence-corrected chi connectivity index (χ3v) is 12.6. The van der Waals surface area contributed by atoms with Crippen molar-refractivity contribution in [2.24, 2.45) is 10.8 Å². The van der Waals surface area contributed by atoms with Crippen LogP contribution in [-0.4, -0.2) is 84.6 Å². The number of likely N-dealkylation sites (tertiary alicyclic amines) is 1. The third-order valence-electron chi connectivity index (χ3n) is 12.3. The molecule has 2 N–H and O–H groups in total. The average Bonchev–Trinajstić information content (AvgIpc) is 3.76. The minimum Gasteiger partial charge on any atom is -0.512 e. The van der Waals surface area contributed by atoms with Crippen molar-refractivity contribution in [3.63, 3.8) is 0 Å². The van der Waals surface area contributed by atoms with Gasteiger partial charge in [-0.15, -0.1) is 0 Å². The molecule has 3 unspecified atom stereocenters. The molecular weight excluding hydrogens is 648 g/mol. The van der Waals surface area contributed by atoms with Crippen molar-refractivity contribution >= 4 is 34.4 Å². The van der Waals surface area contributed by atoms with E-state index in [1.54, 1.807) is 18.2 Å². The Bertz CT molecular complexity index is 1820. The summed E-state index contributed by atoms with van der Waals surface area (Å²) in [6.45, 7) is 8.81. The summed E-state index contributed by atoms with van der Waals surface area (Å²) in [7, 11) is 0. The lowest BCUT2D eigenvalue weighted by atomic mass is 9.76. The number of benzene rings is 2. The molecule has 2 bridgehead atoms. The number of halogens is 3. The number of aromatic nitrogens is 2. The van der Waals surface area contributed by atoms with E-state index in [2.05, 4.69) is 15.1 Å². The topological polar surface area (TPSA) is 83.0 Å². The fraction of sp³-hybridized carbons (Fsp3) is 0.579. The molecule has 6 aliphatic rings. The number of aliphatic hydroxyl groups excluding tert-OH is 1. The molecule has 1 saturated carbocycles. The summed E-state index contributed by atoms with van der Waals surface area (Å²) in [5, 5.41) is 15.2. The molecule has 0 radical (unpaired) electrons. The highest BCUT2D eigenvalue weighted by atomic mass is 35.5. The van der Waals surface area contributed by atoms with E-state index in [0.29, 0.717) is 58.4 Å². The van der Waals surface area contributed by atoms with Crippen molar-refractivity contribution in [3.05, 3.63) is 62.9 Å². The molecule has 3 aromatic rings. The van der Waals surface area contributed by atoms with E-state index in [1.165, 1.54) is 18.9 Å². The fourth-order valence-electron chi connectivity index (χ4n) is 9.20. The van der Waals surface area contributed by atoms with Crippen molar-refractivity contribution in [2.75, 3.05) is 57.4 Å². The molecule has 3 atom stereocenters. The largest absolute Gasteiger partial charge is 0.512 e. The number of allylic oxidation sites excluding steroid dienone is 1. The van der Waals surface area contributed by atoms with Crippen LogP contribution in [0.5, 0.6) is 6.01 Å². The van der Waals surface area contributed by atoms with Crippen molar-refractivity contribution in [3.8, 4) is 6.01 Å². The zero-order chi connectivity index (χ0) is 33.5. The highest BCUT2D eigenvalue weighted by molar-refractivity contribution is 6.32. The van der Waals surface area contributed by atoms with Crippen LogP contribution in [0.15, 0.2) is 24.0 Å². The summed E-state index contributed by atoms with van der Waals surface area (Å²) in [4.78, 5) is 14.5. The molecule has 0 amide bonds. The van der Waals surface area contributed by atoms with E-state index in [4.69, 9.17) is 31.0 Å². The Labute approximate surface area is 290 Å². The molecule has 1 aromatic heterocycles. The number of aliphatic hydroxyl groups is 1. The Kier molecular flexibility index (Phi) is 7.83. The van der Waals surface area contributed by atoms with E-state index >= 15 is 8.78 Å². The first-order chi connectivity index (χ1) is 23.7. The normalized spacial score (nSPS) is 26.8. The van der Waals surface area contributed by atoms with Gasteiger partial charge in [0.25, 0.3) is 0 Å². The minimum atomic E-state index is -0.676. The lowest BCUT2D eigenvalue weighted by Crippen LogP contribution is -2.52. The van der Waals surface area contributed by atoms with Crippen LogP contribution in [0.2, 0.25) is 5.02 Å². The van der Waals surface area contributed by atoms with Crippen LogP contribution in [0, 0.1) is 22.5 Å². The van der Waals surface area contributed by atoms with Crippen molar-refractivity contribution in [2.45, 2.75) is 76.3 Å². The molecule has 49 heavy (non-hydrogen) atoms. The number of piperazine rings is 1. The van der Waals surface area contributed by atoms with E-state index in [0.717, 1.165) is 71.6 Å². The van der Waals surface area contributed by atoms with Gasteiger partial charge >= 0.3 is 6.01 Å². The predicted octanol–water partition coefficient (Wildman–Crippen LogP) is 6.77. The molecule has 1 spiro atoms. The van der Waals surface area contributed by atoms with Gasteiger partial charge in [0.1, 0.15) is 17.2 Å². The molecule has 5 fully saturated rings. The Hall–Kier alpha value is -3.05. The standard InChI is InChI=1S/C38H44ClF2N5O3/c1-2-26-30(40)6-3-22-13-25(47)14-27(31(22)26)32-29(39)15-28-34(33(32)41)43-36(44-35(28)46-16-23-4-5-24(17-46)42-23)49-21-37(7-8-37)18-45-11-9-38(10-12-45)19-48-20-38/h3,6,13,15,23-24,27,42,47H,2,4-5,7-12,14,16-21H2,1H3. The van der Waals surface area contributed by atoms with Gasteiger partial charge in [0.15, 0.2) is 5.82 Å². The van der Waals surface area contributed by atoms with Crippen LogP contribution in [0.1, 0.15) is 80.0 Å². The molecule has 8 nitrogen and oxygen atoms in total. The van der Waals surface area contributed by atoms with Crippen molar-refractivity contribution in [1.82, 2.24) is 20.2 Å². The summed E-state index contributed by atoms with van der Waals surface area (Å²) >= 11 is 7.00. The number of anilines is 1. The average molecular weight is 692 g/mol. The lowest BCUT2D eigenvalue weighted by molar-refractivity contribution is -0.140. The van der Waals surface area contributed by atoms with E-state index in [1.807, 2.05) is 6.92 Å². The number of fused-ring (bicyclic) bond motifs is 4. The Balaban J connectivity index is 1.07. The van der Waals surface area contributed by atoms with E-state index < -0.39 is 11.7 Å². The monoisotopic (exact) mass is 691 g/mol. The maximum atomic E-state index is 17.2. The van der Waals surface area contributed by atoms with Gasteiger partial charge in [0, 0.05) is 70.9 Å². The molecule has 5 heterocycles. The number of hydrogen-bond donors (Lipinski definition) is 2. The molecule has 260 valence electrons. The fourth-order valence-corrected chi connectivity index (χ4v) is 9.52. The van der Waals surface area contributed by atoms with Gasteiger partial charge in [-0.05, 0) is 92.9 Å². The van der Waals surface area contributed by atoms with Crippen molar-refractivity contribution < 1.29 is 23.4 Å². The number of piperidine rings is 1. The summed E-state index contributed by atoms with van der Waals surface area (Å²) in [6, 6.07) is 5.66. The van der Waals surface area contributed by atoms with Crippen LogP contribution in [0.25, 0.3) is 17.0 Å². The van der Waals surface area contributed by atoms with Crippen LogP contribution in [0.4, 0.5) is 14.6 Å². The maximum absolute atomic E-state index is 17.2. The highest BCUT2D eigenvalue weighted by Crippen LogP contribution is 2.49. The van der Waals surface area contributed by atoms with Crippen LogP contribution >= 0.6 is 11.6 Å². The molecule has 2 aromatic carbocycles. The van der Waals surface area contributed by atoms with Crippen molar-refractivity contribution in [1.29, 1.82) is 0 Å². The van der Waals surface area contributed by atoms with Crippen LogP contribution < -0.4 is 15.0 Å². The van der Waals surface area contributed by atoms with Gasteiger partial charge in [-0.25, -0.2) is 8.78 Å². The summed E-state index contributed by atoms with van der Waals surface area (Å²) in [5.41, 5.74) is 2.64. The van der Waals surface area contributed by atoms with Crippen LogP contribution in [-0.2, 0) is 11.2 Å². The number of rotatable bonds is 8. The van der Waals surface area contributed by atoms with Gasteiger partial charge in [-0.2, -0.15) is 9.97 Å². The molecule has 2 aliphatic carbocycles. The second-order valence-corrected chi connectivity index (χ2v) is 16.1. The van der Waals surface area contributed by atoms with E-state index in [9.17, 15) is 5.11 Å². The SMILES string of the molecule is CCc1c(F)ccc2c1C(c1c(Cl)cc3c(N4CC5CCC(C4)N5)nc(OCC4(CN5CCC6(CC5)COC6)CC4)nc3c1F)CC(O)=C2. The summed E-state index contributed by atoms with van der Waals surface area (Å²) in [6.07, 6.45) is 8.90. The maximum Gasteiger partial charge on any atom is 0.319 e. The molecule has 4 aliphatic heterocycles. The lowest BCUT2D eigenvalue weighted by Gasteiger charge is -2.47. The number of hydrogen-bond acceptors (Lipinski definition) is 8. The van der Waals surface area contributed by atoms with Crippen LogP contribution in [0.3, 0.4) is 0 Å². The quantitative estimate of drug-likeness (QED) is 0.268.